The van der Waals surface area contributed by atoms with Crippen molar-refractivity contribution in [1.29, 1.82) is 0 Å². The maximum Gasteiger partial charge on any atom is 0.133 e. The highest BCUT2D eigenvalue weighted by Crippen LogP contribution is 2.25. The minimum absolute atomic E-state index is 0.908. The second kappa shape index (κ2) is 6.53. The van der Waals surface area contributed by atoms with E-state index in [4.69, 9.17) is 0 Å². The molecular formula is C16H26N4. The van der Waals surface area contributed by atoms with Crippen molar-refractivity contribution in [2.24, 2.45) is 0 Å². The van der Waals surface area contributed by atoms with Crippen molar-refractivity contribution in [2.45, 2.75) is 51.9 Å². The largest absolute Gasteiger partial charge is 0.368 e. The van der Waals surface area contributed by atoms with Crippen LogP contribution in [0.5, 0.6) is 0 Å². The van der Waals surface area contributed by atoms with Gasteiger partial charge >= 0.3 is 0 Å². The first-order chi connectivity index (χ1) is 9.83. The summed E-state index contributed by atoms with van der Waals surface area (Å²) in [5, 5.41) is 3.57. The van der Waals surface area contributed by atoms with Crippen molar-refractivity contribution in [3.63, 3.8) is 0 Å². The standard InChI is InChI=1S/C16H26N4/c1-13-18-15-8-4-3-7-14(15)16(19-13)17-9-12-20-10-5-2-6-11-20/h2-12H2,1H3,(H,17,18,19). The summed E-state index contributed by atoms with van der Waals surface area (Å²) in [5.74, 6) is 2.01. The van der Waals surface area contributed by atoms with Crippen LogP contribution in [0.25, 0.3) is 0 Å². The van der Waals surface area contributed by atoms with E-state index in [1.807, 2.05) is 6.92 Å². The molecule has 4 heteroatoms. The predicted molar refractivity (Wildman–Crippen MR) is 82.2 cm³/mol. The van der Waals surface area contributed by atoms with Crippen LogP contribution in [0, 0.1) is 6.92 Å². The third-order valence-corrected chi connectivity index (χ3v) is 4.46. The van der Waals surface area contributed by atoms with Gasteiger partial charge in [-0.2, -0.15) is 0 Å². The molecule has 110 valence electrons. The lowest BCUT2D eigenvalue weighted by atomic mass is 9.96. The van der Waals surface area contributed by atoms with E-state index >= 15 is 0 Å². The summed E-state index contributed by atoms with van der Waals surface area (Å²) < 4.78 is 0. The molecule has 1 aliphatic carbocycles. The van der Waals surface area contributed by atoms with E-state index in [0.29, 0.717) is 0 Å². The van der Waals surface area contributed by atoms with Crippen LogP contribution in [0.3, 0.4) is 0 Å². The maximum absolute atomic E-state index is 4.63. The van der Waals surface area contributed by atoms with Gasteiger partial charge in [-0.25, -0.2) is 9.97 Å². The number of hydrogen-bond donors (Lipinski definition) is 1. The lowest BCUT2D eigenvalue weighted by molar-refractivity contribution is 0.237. The molecular weight excluding hydrogens is 248 g/mol. The second-order valence-electron chi connectivity index (χ2n) is 6.08. The average Bonchev–Trinajstić information content (AvgIpc) is 2.48. The van der Waals surface area contributed by atoms with Crippen molar-refractivity contribution in [3.8, 4) is 0 Å². The second-order valence-corrected chi connectivity index (χ2v) is 6.08. The van der Waals surface area contributed by atoms with Gasteiger partial charge in [0.25, 0.3) is 0 Å². The molecule has 20 heavy (non-hydrogen) atoms. The third-order valence-electron chi connectivity index (χ3n) is 4.46. The molecule has 0 unspecified atom stereocenters. The first kappa shape index (κ1) is 13.8. The van der Waals surface area contributed by atoms with Crippen molar-refractivity contribution >= 4 is 5.82 Å². The molecule has 2 aliphatic rings. The van der Waals surface area contributed by atoms with Crippen LogP contribution in [0.2, 0.25) is 0 Å². The summed E-state index contributed by atoms with van der Waals surface area (Å²) in [6, 6.07) is 0. The summed E-state index contributed by atoms with van der Waals surface area (Å²) in [6.07, 6.45) is 8.95. The summed E-state index contributed by atoms with van der Waals surface area (Å²) in [4.78, 5) is 11.8. The molecule has 2 heterocycles. The van der Waals surface area contributed by atoms with Crippen molar-refractivity contribution in [2.75, 3.05) is 31.5 Å². The van der Waals surface area contributed by atoms with Crippen molar-refractivity contribution in [1.82, 2.24) is 14.9 Å². The lowest BCUT2D eigenvalue weighted by Crippen LogP contribution is -2.34. The SMILES string of the molecule is Cc1nc2c(c(NCCN3CCCCC3)n1)CCCC2. The first-order valence-electron chi connectivity index (χ1n) is 8.15. The zero-order valence-electron chi connectivity index (χ0n) is 12.6. The quantitative estimate of drug-likeness (QED) is 0.916. The fraction of sp³-hybridized carbons (Fsp3) is 0.750. The van der Waals surface area contributed by atoms with Crippen LogP contribution in [0.15, 0.2) is 0 Å². The molecule has 1 aliphatic heterocycles. The molecule has 0 atom stereocenters. The molecule has 3 rings (SSSR count). The highest BCUT2D eigenvalue weighted by atomic mass is 15.1. The van der Waals surface area contributed by atoms with E-state index in [0.717, 1.165) is 37.6 Å². The Kier molecular flexibility index (Phi) is 4.51. The summed E-state index contributed by atoms with van der Waals surface area (Å²) >= 11 is 0. The maximum atomic E-state index is 4.63. The first-order valence-corrected chi connectivity index (χ1v) is 8.15. The Morgan fingerprint density at radius 3 is 2.65 bits per heavy atom. The Bertz CT molecular complexity index is 452. The average molecular weight is 274 g/mol. The number of rotatable bonds is 4. The molecule has 1 aromatic heterocycles. The number of anilines is 1. The van der Waals surface area contributed by atoms with Gasteiger partial charge in [-0.1, -0.05) is 6.42 Å². The minimum Gasteiger partial charge on any atom is -0.368 e. The van der Waals surface area contributed by atoms with Gasteiger partial charge in [-0.3, -0.25) is 0 Å². The number of likely N-dealkylation sites (tertiary alicyclic amines) is 1. The van der Waals surface area contributed by atoms with E-state index in [-0.39, 0.29) is 0 Å². The highest BCUT2D eigenvalue weighted by molar-refractivity contribution is 5.47. The van der Waals surface area contributed by atoms with Crippen LogP contribution in [0.1, 0.15) is 49.2 Å². The summed E-state index contributed by atoms with van der Waals surface area (Å²) in [7, 11) is 0. The van der Waals surface area contributed by atoms with E-state index in [1.165, 1.54) is 56.5 Å². The van der Waals surface area contributed by atoms with Gasteiger partial charge in [0.15, 0.2) is 0 Å². The molecule has 0 amide bonds. The lowest BCUT2D eigenvalue weighted by Gasteiger charge is -2.27. The van der Waals surface area contributed by atoms with E-state index < -0.39 is 0 Å². The molecule has 1 aromatic rings. The fourth-order valence-corrected chi connectivity index (χ4v) is 3.38. The smallest absolute Gasteiger partial charge is 0.133 e. The Morgan fingerprint density at radius 2 is 1.80 bits per heavy atom. The van der Waals surface area contributed by atoms with Crippen LogP contribution < -0.4 is 5.32 Å². The van der Waals surface area contributed by atoms with Crippen LogP contribution in [0.4, 0.5) is 5.82 Å². The van der Waals surface area contributed by atoms with Crippen LogP contribution in [-0.4, -0.2) is 41.0 Å². The van der Waals surface area contributed by atoms with Crippen molar-refractivity contribution < 1.29 is 0 Å². The van der Waals surface area contributed by atoms with Gasteiger partial charge in [0.1, 0.15) is 11.6 Å². The van der Waals surface area contributed by atoms with Gasteiger partial charge < -0.3 is 10.2 Å². The molecule has 4 nitrogen and oxygen atoms in total. The zero-order chi connectivity index (χ0) is 13.8. The fourth-order valence-electron chi connectivity index (χ4n) is 3.38. The number of aromatic nitrogens is 2. The molecule has 0 aromatic carbocycles. The Labute approximate surface area is 122 Å². The molecule has 0 saturated carbocycles. The Morgan fingerprint density at radius 1 is 1.00 bits per heavy atom. The van der Waals surface area contributed by atoms with Gasteiger partial charge in [-0.05, 0) is 58.5 Å². The van der Waals surface area contributed by atoms with Gasteiger partial charge in [0, 0.05) is 24.3 Å². The van der Waals surface area contributed by atoms with Gasteiger partial charge in [-0.15, -0.1) is 0 Å². The Balaban J connectivity index is 1.60. The van der Waals surface area contributed by atoms with Crippen LogP contribution >= 0.6 is 0 Å². The molecule has 0 bridgehead atoms. The highest BCUT2D eigenvalue weighted by Gasteiger charge is 2.17. The molecule has 1 fully saturated rings. The number of aryl methyl sites for hydroxylation is 2. The number of nitrogens with zero attached hydrogens (tertiary/aromatic N) is 3. The van der Waals surface area contributed by atoms with E-state index in [1.54, 1.807) is 0 Å². The normalized spacial score (nSPS) is 19.6. The zero-order valence-corrected chi connectivity index (χ0v) is 12.6. The topological polar surface area (TPSA) is 41.1 Å². The molecule has 1 saturated heterocycles. The number of fused-ring (bicyclic) bond motifs is 1. The van der Waals surface area contributed by atoms with Gasteiger partial charge in [0.2, 0.25) is 0 Å². The monoisotopic (exact) mass is 274 g/mol. The summed E-state index contributed by atoms with van der Waals surface area (Å²) in [6.45, 7) is 6.68. The van der Waals surface area contributed by atoms with E-state index in [2.05, 4.69) is 20.2 Å². The number of nitrogens with one attached hydrogen (secondary N) is 1. The van der Waals surface area contributed by atoms with Crippen LogP contribution in [-0.2, 0) is 12.8 Å². The van der Waals surface area contributed by atoms with E-state index in [9.17, 15) is 0 Å². The number of piperidine rings is 1. The number of hydrogen-bond acceptors (Lipinski definition) is 4. The summed E-state index contributed by atoms with van der Waals surface area (Å²) in [5.41, 5.74) is 2.66. The molecule has 0 spiro atoms. The van der Waals surface area contributed by atoms with Crippen molar-refractivity contribution in [3.05, 3.63) is 17.1 Å². The molecule has 1 N–H and O–H groups in total. The molecule has 0 radical (unpaired) electrons. The minimum atomic E-state index is 0.908. The Hall–Kier alpha value is -1.16. The third kappa shape index (κ3) is 3.29. The van der Waals surface area contributed by atoms with Gasteiger partial charge in [0.05, 0.1) is 0 Å². The predicted octanol–water partition coefficient (Wildman–Crippen LogP) is 2.56.